The van der Waals surface area contributed by atoms with Crippen LogP contribution in [0.3, 0.4) is 0 Å². The summed E-state index contributed by atoms with van der Waals surface area (Å²) in [5.41, 5.74) is 5.21. The highest BCUT2D eigenvalue weighted by atomic mass is 35.5. The smallest absolute Gasteiger partial charge is 0.119 e. The van der Waals surface area contributed by atoms with E-state index in [4.69, 9.17) is 22.2 Å². The summed E-state index contributed by atoms with van der Waals surface area (Å²) in [5, 5.41) is 0.696. The molecule has 0 saturated heterocycles. The topological polar surface area (TPSA) is 47.3 Å². The van der Waals surface area contributed by atoms with Gasteiger partial charge in [-0.2, -0.15) is 0 Å². The SMILES string of the molecule is CCc1cccc(C(COc2ccc(Cl)cc2)NN)c1. The number of halogens is 1. The van der Waals surface area contributed by atoms with Gasteiger partial charge in [-0.25, -0.2) is 5.43 Å². The quantitative estimate of drug-likeness (QED) is 0.632. The van der Waals surface area contributed by atoms with Gasteiger partial charge in [0.25, 0.3) is 0 Å². The van der Waals surface area contributed by atoms with Crippen molar-refractivity contribution >= 4 is 11.6 Å². The molecule has 1 unspecified atom stereocenters. The largest absolute Gasteiger partial charge is 0.492 e. The van der Waals surface area contributed by atoms with Crippen LogP contribution in [-0.2, 0) is 6.42 Å². The van der Waals surface area contributed by atoms with Gasteiger partial charge in [-0.15, -0.1) is 0 Å². The van der Waals surface area contributed by atoms with Gasteiger partial charge < -0.3 is 4.74 Å². The van der Waals surface area contributed by atoms with Crippen molar-refractivity contribution < 1.29 is 4.74 Å². The lowest BCUT2D eigenvalue weighted by Gasteiger charge is -2.18. The highest BCUT2D eigenvalue weighted by Crippen LogP contribution is 2.19. The molecule has 0 aromatic heterocycles. The predicted molar refractivity (Wildman–Crippen MR) is 82.8 cm³/mol. The minimum atomic E-state index is -0.0443. The van der Waals surface area contributed by atoms with Gasteiger partial charge in [0.15, 0.2) is 0 Å². The lowest BCUT2D eigenvalue weighted by molar-refractivity contribution is 0.267. The Balaban J connectivity index is 2.03. The highest BCUT2D eigenvalue weighted by molar-refractivity contribution is 6.30. The first-order chi connectivity index (χ1) is 9.72. The zero-order valence-electron chi connectivity index (χ0n) is 11.5. The number of hydrazine groups is 1. The van der Waals surface area contributed by atoms with Crippen LogP contribution >= 0.6 is 11.6 Å². The second-order valence-electron chi connectivity index (χ2n) is 4.58. The van der Waals surface area contributed by atoms with E-state index in [-0.39, 0.29) is 6.04 Å². The zero-order valence-corrected chi connectivity index (χ0v) is 12.2. The van der Waals surface area contributed by atoms with E-state index in [1.54, 1.807) is 12.1 Å². The first-order valence-electron chi connectivity index (χ1n) is 6.66. The number of nitrogens with two attached hydrogens (primary N) is 1. The Labute approximate surface area is 124 Å². The van der Waals surface area contributed by atoms with E-state index in [0.717, 1.165) is 17.7 Å². The third-order valence-corrected chi connectivity index (χ3v) is 3.45. The van der Waals surface area contributed by atoms with Crippen LogP contribution in [0.25, 0.3) is 0 Å². The van der Waals surface area contributed by atoms with Gasteiger partial charge in [0.2, 0.25) is 0 Å². The minimum absolute atomic E-state index is 0.0443. The van der Waals surface area contributed by atoms with Gasteiger partial charge in [-0.05, 0) is 41.8 Å². The molecule has 2 aromatic carbocycles. The average Bonchev–Trinajstić information content (AvgIpc) is 2.50. The normalized spacial score (nSPS) is 12.2. The molecule has 0 saturated carbocycles. The average molecular weight is 291 g/mol. The van der Waals surface area contributed by atoms with Crippen LogP contribution in [0.1, 0.15) is 24.1 Å². The predicted octanol–water partition coefficient (Wildman–Crippen LogP) is 3.49. The molecule has 20 heavy (non-hydrogen) atoms. The van der Waals surface area contributed by atoms with E-state index in [1.807, 2.05) is 18.2 Å². The van der Waals surface area contributed by atoms with E-state index in [2.05, 4.69) is 30.5 Å². The van der Waals surface area contributed by atoms with Crippen molar-refractivity contribution in [1.29, 1.82) is 0 Å². The summed E-state index contributed by atoms with van der Waals surface area (Å²) in [6.07, 6.45) is 1.00. The first kappa shape index (κ1) is 14.9. The molecule has 0 radical (unpaired) electrons. The summed E-state index contributed by atoms with van der Waals surface area (Å²) in [6.45, 7) is 2.60. The fraction of sp³-hybridized carbons (Fsp3) is 0.250. The minimum Gasteiger partial charge on any atom is -0.492 e. The molecule has 2 aromatic rings. The van der Waals surface area contributed by atoms with Crippen molar-refractivity contribution in [2.24, 2.45) is 5.84 Å². The fourth-order valence-corrected chi connectivity index (χ4v) is 2.11. The molecule has 0 heterocycles. The molecule has 1 atom stereocenters. The van der Waals surface area contributed by atoms with E-state index >= 15 is 0 Å². The van der Waals surface area contributed by atoms with Crippen molar-refractivity contribution in [3.8, 4) is 5.75 Å². The molecule has 0 amide bonds. The summed E-state index contributed by atoms with van der Waals surface area (Å²) in [5.74, 6) is 6.41. The molecule has 0 bridgehead atoms. The molecule has 4 heteroatoms. The second-order valence-corrected chi connectivity index (χ2v) is 5.02. The maximum Gasteiger partial charge on any atom is 0.119 e. The van der Waals surface area contributed by atoms with E-state index < -0.39 is 0 Å². The van der Waals surface area contributed by atoms with E-state index in [9.17, 15) is 0 Å². The molecule has 3 nitrogen and oxygen atoms in total. The number of hydrogen-bond donors (Lipinski definition) is 2. The molecule has 0 aliphatic heterocycles. The van der Waals surface area contributed by atoms with Gasteiger partial charge in [0, 0.05) is 5.02 Å². The Morgan fingerprint density at radius 3 is 2.60 bits per heavy atom. The van der Waals surface area contributed by atoms with E-state index in [1.165, 1.54) is 5.56 Å². The van der Waals surface area contributed by atoms with Crippen LogP contribution in [0.4, 0.5) is 0 Å². The summed E-state index contributed by atoms with van der Waals surface area (Å²) >= 11 is 5.84. The highest BCUT2D eigenvalue weighted by Gasteiger charge is 2.11. The van der Waals surface area contributed by atoms with Crippen molar-refractivity contribution in [3.05, 3.63) is 64.7 Å². The van der Waals surface area contributed by atoms with Crippen LogP contribution in [0.5, 0.6) is 5.75 Å². The standard InChI is InChI=1S/C16H19ClN2O/c1-2-12-4-3-5-13(10-12)16(19-18)11-20-15-8-6-14(17)7-9-15/h3-10,16,19H,2,11,18H2,1H3. The number of benzene rings is 2. The number of hydrogen-bond acceptors (Lipinski definition) is 3. The molecule has 0 aliphatic rings. The Morgan fingerprint density at radius 2 is 1.95 bits per heavy atom. The number of ether oxygens (including phenoxy) is 1. The third kappa shape index (κ3) is 3.97. The van der Waals surface area contributed by atoms with Crippen molar-refractivity contribution in [1.82, 2.24) is 5.43 Å². The first-order valence-corrected chi connectivity index (χ1v) is 7.04. The molecule has 106 valence electrons. The molecular formula is C16H19ClN2O. The zero-order chi connectivity index (χ0) is 14.4. The van der Waals surface area contributed by atoms with Crippen molar-refractivity contribution in [2.75, 3.05) is 6.61 Å². The van der Waals surface area contributed by atoms with Gasteiger partial charge in [-0.1, -0.05) is 42.8 Å². The van der Waals surface area contributed by atoms with Crippen LogP contribution in [0.15, 0.2) is 48.5 Å². The molecule has 0 spiro atoms. The Kier molecular flexibility index (Phi) is 5.41. The summed E-state index contributed by atoms with van der Waals surface area (Å²) in [4.78, 5) is 0. The summed E-state index contributed by atoms with van der Waals surface area (Å²) < 4.78 is 5.74. The van der Waals surface area contributed by atoms with Gasteiger partial charge >= 0.3 is 0 Å². The molecule has 3 N–H and O–H groups in total. The second kappa shape index (κ2) is 7.29. The maximum atomic E-state index is 5.84. The van der Waals surface area contributed by atoms with Crippen LogP contribution in [-0.4, -0.2) is 6.61 Å². The Hall–Kier alpha value is -1.55. The van der Waals surface area contributed by atoms with Gasteiger partial charge in [0.1, 0.15) is 12.4 Å². The monoisotopic (exact) mass is 290 g/mol. The third-order valence-electron chi connectivity index (χ3n) is 3.19. The molecule has 0 aliphatic carbocycles. The number of nitrogens with one attached hydrogen (secondary N) is 1. The maximum absolute atomic E-state index is 5.84. The van der Waals surface area contributed by atoms with Crippen LogP contribution < -0.4 is 16.0 Å². The summed E-state index contributed by atoms with van der Waals surface area (Å²) in [6, 6.07) is 15.6. The van der Waals surface area contributed by atoms with Crippen LogP contribution in [0, 0.1) is 0 Å². The Bertz CT molecular complexity index is 542. The fourth-order valence-electron chi connectivity index (χ4n) is 1.98. The molecule has 0 fully saturated rings. The van der Waals surface area contributed by atoms with Crippen molar-refractivity contribution in [2.45, 2.75) is 19.4 Å². The lowest BCUT2D eigenvalue weighted by Crippen LogP contribution is -2.32. The molecule has 2 rings (SSSR count). The Morgan fingerprint density at radius 1 is 1.20 bits per heavy atom. The van der Waals surface area contributed by atoms with Crippen molar-refractivity contribution in [3.63, 3.8) is 0 Å². The lowest BCUT2D eigenvalue weighted by atomic mass is 10.0. The molecular weight excluding hydrogens is 272 g/mol. The van der Waals surface area contributed by atoms with Gasteiger partial charge in [0.05, 0.1) is 6.04 Å². The van der Waals surface area contributed by atoms with E-state index in [0.29, 0.717) is 11.6 Å². The number of rotatable bonds is 6. The summed E-state index contributed by atoms with van der Waals surface area (Å²) in [7, 11) is 0. The number of aryl methyl sites for hydroxylation is 1. The van der Waals surface area contributed by atoms with Crippen LogP contribution in [0.2, 0.25) is 5.02 Å². The van der Waals surface area contributed by atoms with Gasteiger partial charge in [-0.3, -0.25) is 5.84 Å².